The summed E-state index contributed by atoms with van der Waals surface area (Å²) in [6.07, 6.45) is 3.38. The Hall–Kier alpha value is -1.76. The molecule has 0 saturated heterocycles. The van der Waals surface area contributed by atoms with Crippen molar-refractivity contribution in [2.45, 2.75) is 13.0 Å². The van der Waals surface area contributed by atoms with Crippen LogP contribution in [0.25, 0.3) is 0 Å². The van der Waals surface area contributed by atoms with Crippen LogP contribution in [0.15, 0.2) is 23.3 Å². The van der Waals surface area contributed by atoms with E-state index >= 15 is 0 Å². The van der Waals surface area contributed by atoms with Crippen LogP contribution in [0.1, 0.15) is 6.42 Å². The van der Waals surface area contributed by atoms with Crippen LogP contribution in [0.2, 0.25) is 0 Å². The normalized spacial score (nSPS) is 9.94. The van der Waals surface area contributed by atoms with E-state index in [-0.39, 0.29) is 12.5 Å². The van der Waals surface area contributed by atoms with Gasteiger partial charge in [0.1, 0.15) is 6.54 Å². The first-order valence-electron chi connectivity index (χ1n) is 5.04. The van der Waals surface area contributed by atoms with Crippen molar-refractivity contribution in [3.8, 4) is 0 Å². The second-order valence-corrected chi connectivity index (χ2v) is 4.09. The summed E-state index contributed by atoms with van der Waals surface area (Å²) in [5, 5.41) is 0. The molecule has 6 nitrogen and oxygen atoms in total. The van der Waals surface area contributed by atoms with E-state index in [9.17, 15) is 9.59 Å². The number of carbonyl (C=O) groups excluding carboxylic acids is 1. The van der Waals surface area contributed by atoms with Gasteiger partial charge in [0.05, 0.1) is 4.99 Å². The summed E-state index contributed by atoms with van der Waals surface area (Å²) in [4.78, 5) is 28.4. The van der Waals surface area contributed by atoms with Crippen molar-refractivity contribution < 1.29 is 4.79 Å². The molecule has 0 aliphatic rings. The Morgan fingerprint density at radius 1 is 1.65 bits per heavy atom. The second kappa shape index (κ2) is 6.09. The third-order valence-corrected chi connectivity index (χ3v) is 2.41. The van der Waals surface area contributed by atoms with Gasteiger partial charge in [-0.05, 0) is 6.07 Å². The van der Waals surface area contributed by atoms with Gasteiger partial charge in [0.15, 0.2) is 0 Å². The molecular weight excluding hydrogens is 240 g/mol. The van der Waals surface area contributed by atoms with E-state index in [0.29, 0.717) is 18.0 Å². The molecule has 1 heterocycles. The highest BCUT2D eigenvalue weighted by atomic mass is 32.1. The van der Waals surface area contributed by atoms with Gasteiger partial charge in [0.25, 0.3) is 0 Å². The maximum Gasteiger partial charge on any atom is 0.347 e. The topological polar surface area (TPSA) is 81.2 Å². The Bertz CT molecular complexity index is 471. The molecule has 0 bridgehead atoms. The molecule has 0 fully saturated rings. The fraction of sp³-hybridized carbons (Fsp3) is 0.400. The van der Waals surface area contributed by atoms with Gasteiger partial charge in [-0.1, -0.05) is 12.2 Å². The molecule has 7 heteroatoms. The first-order valence-corrected chi connectivity index (χ1v) is 5.45. The average Bonchev–Trinajstić information content (AvgIpc) is 2.28. The standard InChI is InChI=1S/C10H14N4O2S/c1-13(6-3-8(11)17)9(15)7-14-5-2-4-12-10(14)16/h2,4-5H,3,6-7H2,1H3,(H2,11,17). The first kappa shape index (κ1) is 13.3. The third kappa shape index (κ3) is 4.31. The van der Waals surface area contributed by atoms with Crippen LogP contribution >= 0.6 is 12.2 Å². The fourth-order valence-corrected chi connectivity index (χ4v) is 1.27. The lowest BCUT2D eigenvalue weighted by Crippen LogP contribution is -2.35. The van der Waals surface area contributed by atoms with Gasteiger partial charge in [-0.15, -0.1) is 0 Å². The Labute approximate surface area is 104 Å². The van der Waals surface area contributed by atoms with E-state index < -0.39 is 5.69 Å². The zero-order chi connectivity index (χ0) is 12.8. The summed E-state index contributed by atoms with van der Waals surface area (Å²) < 4.78 is 1.25. The van der Waals surface area contributed by atoms with Crippen LogP contribution in [0.3, 0.4) is 0 Å². The largest absolute Gasteiger partial charge is 0.393 e. The summed E-state index contributed by atoms with van der Waals surface area (Å²) in [5.41, 5.74) is 4.90. The lowest BCUT2D eigenvalue weighted by atomic mass is 10.4. The minimum atomic E-state index is -0.441. The predicted octanol–water partition coefficient (Wildman–Crippen LogP) is -0.622. The number of hydrogen-bond donors (Lipinski definition) is 1. The van der Waals surface area contributed by atoms with Gasteiger partial charge in [0.2, 0.25) is 5.91 Å². The van der Waals surface area contributed by atoms with Crippen molar-refractivity contribution in [1.29, 1.82) is 0 Å². The van der Waals surface area contributed by atoms with Crippen LogP contribution in [0, 0.1) is 0 Å². The summed E-state index contributed by atoms with van der Waals surface area (Å²) in [7, 11) is 1.64. The Morgan fingerprint density at radius 3 is 2.94 bits per heavy atom. The molecule has 92 valence electrons. The molecule has 1 rings (SSSR count). The van der Waals surface area contributed by atoms with E-state index in [2.05, 4.69) is 4.98 Å². The highest BCUT2D eigenvalue weighted by Crippen LogP contribution is 1.92. The minimum absolute atomic E-state index is 0.0273. The molecule has 1 amide bonds. The van der Waals surface area contributed by atoms with Gasteiger partial charge in [0, 0.05) is 32.4 Å². The molecule has 17 heavy (non-hydrogen) atoms. The Morgan fingerprint density at radius 2 is 2.35 bits per heavy atom. The quantitative estimate of drug-likeness (QED) is 0.708. The van der Waals surface area contributed by atoms with Gasteiger partial charge >= 0.3 is 5.69 Å². The maximum absolute atomic E-state index is 11.7. The lowest BCUT2D eigenvalue weighted by molar-refractivity contribution is -0.130. The average molecular weight is 254 g/mol. The van der Waals surface area contributed by atoms with Crippen molar-refractivity contribution in [2.75, 3.05) is 13.6 Å². The molecule has 0 spiro atoms. The lowest BCUT2D eigenvalue weighted by Gasteiger charge is -2.17. The van der Waals surface area contributed by atoms with Crippen LogP contribution in [-0.4, -0.2) is 38.9 Å². The van der Waals surface area contributed by atoms with E-state index in [4.69, 9.17) is 18.0 Å². The molecule has 1 aromatic rings. The minimum Gasteiger partial charge on any atom is -0.393 e. The molecule has 1 aromatic heterocycles. The highest BCUT2D eigenvalue weighted by molar-refractivity contribution is 7.80. The summed E-state index contributed by atoms with van der Waals surface area (Å²) in [5.74, 6) is -0.184. The molecular formula is C10H14N4O2S. The van der Waals surface area contributed by atoms with Crippen LogP contribution in [0.4, 0.5) is 0 Å². The van der Waals surface area contributed by atoms with Gasteiger partial charge in [-0.3, -0.25) is 9.36 Å². The molecule has 2 N–H and O–H groups in total. The zero-order valence-electron chi connectivity index (χ0n) is 9.50. The number of nitrogens with two attached hydrogens (primary N) is 1. The van der Waals surface area contributed by atoms with E-state index in [1.807, 2.05) is 0 Å². The van der Waals surface area contributed by atoms with Crippen molar-refractivity contribution in [1.82, 2.24) is 14.5 Å². The monoisotopic (exact) mass is 254 g/mol. The Kier molecular flexibility index (Phi) is 4.77. The van der Waals surface area contributed by atoms with Crippen molar-refractivity contribution >= 4 is 23.1 Å². The number of amides is 1. The number of likely N-dealkylation sites (N-methyl/N-ethyl adjacent to an activating group) is 1. The van der Waals surface area contributed by atoms with E-state index in [1.165, 1.54) is 21.9 Å². The van der Waals surface area contributed by atoms with Crippen LogP contribution in [0.5, 0.6) is 0 Å². The molecule has 0 aliphatic heterocycles. The highest BCUT2D eigenvalue weighted by Gasteiger charge is 2.10. The van der Waals surface area contributed by atoms with Crippen LogP contribution in [-0.2, 0) is 11.3 Å². The number of rotatable bonds is 5. The zero-order valence-corrected chi connectivity index (χ0v) is 10.3. The molecule has 0 unspecified atom stereocenters. The number of thiocarbonyl (C=S) groups is 1. The molecule has 0 saturated carbocycles. The smallest absolute Gasteiger partial charge is 0.347 e. The van der Waals surface area contributed by atoms with Crippen molar-refractivity contribution in [2.24, 2.45) is 5.73 Å². The van der Waals surface area contributed by atoms with Gasteiger partial charge in [-0.25, -0.2) is 9.78 Å². The predicted molar refractivity (Wildman–Crippen MR) is 67.5 cm³/mol. The maximum atomic E-state index is 11.7. The van der Waals surface area contributed by atoms with E-state index in [0.717, 1.165) is 0 Å². The second-order valence-electron chi connectivity index (χ2n) is 3.56. The third-order valence-electron chi connectivity index (χ3n) is 2.21. The molecule has 0 aliphatic carbocycles. The molecule has 0 atom stereocenters. The summed E-state index contributed by atoms with van der Waals surface area (Å²) in [6.45, 7) is 0.420. The molecule has 0 radical (unpaired) electrons. The Balaban J connectivity index is 2.57. The SMILES string of the molecule is CN(CCC(N)=S)C(=O)Cn1cccnc1=O. The number of aromatic nitrogens is 2. The summed E-state index contributed by atoms with van der Waals surface area (Å²) in [6, 6.07) is 1.60. The number of carbonyl (C=O) groups is 1. The van der Waals surface area contributed by atoms with Gasteiger partial charge in [-0.2, -0.15) is 0 Å². The van der Waals surface area contributed by atoms with Gasteiger partial charge < -0.3 is 10.6 Å². The summed E-state index contributed by atoms with van der Waals surface area (Å²) >= 11 is 4.73. The molecule has 0 aromatic carbocycles. The fourth-order valence-electron chi connectivity index (χ4n) is 1.18. The van der Waals surface area contributed by atoms with Crippen LogP contribution < -0.4 is 11.4 Å². The van der Waals surface area contributed by atoms with Crippen molar-refractivity contribution in [3.63, 3.8) is 0 Å². The first-order chi connectivity index (χ1) is 8.00. The van der Waals surface area contributed by atoms with E-state index in [1.54, 1.807) is 13.1 Å². The number of hydrogen-bond acceptors (Lipinski definition) is 4. The number of nitrogens with zero attached hydrogens (tertiary/aromatic N) is 3. The van der Waals surface area contributed by atoms with Crippen molar-refractivity contribution in [3.05, 3.63) is 28.9 Å².